The van der Waals surface area contributed by atoms with Gasteiger partial charge in [-0.1, -0.05) is 0 Å². The SMILES string of the molecule is C/C(=N/NC(=S)NCC[NH+]1CCOCC1)c1ccc([N+](=O)[O-])cc1. The van der Waals surface area contributed by atoms with Crippen LogP contribution in [0.1, 0.15) is 12.5 Å². The van der Waals surface area contributed by atoms with Crippen molar-refractivity contribution < 1.29 is 14.6 Å². The molecule has 1 fully saturated rings. The van der Waals surface area contributed by atoms with E-state index in [1.807, 2.05) is 6.92 Å². The quantitative estimate of drug-likeness (QED) is 0.282. The lowest BCUT2D eigenvalue weighted by Gasteiger charge is -2.23. The van der Waals surface area contributed by atoms with Gasteiger partial charge in [-0.2, -0.15) is 5.10 Å². The summed E-state index contributed by atoms with van der Waals surface area (Å²) in [4.78, 5) is 11.7. The van der Waals surface area contributed by atoms with Crippen LogP contribution in [-0.2, 0) is 4.74 Å². The first-order valence-electron chi connectivity index (χ1n) is 7.80. The van der Waals surface area contributed by atoms with Crippen LogP contribution in [0.2, 0.25) is 0 Å². The lowest BCUT2D eigenvalue weighted by atomic mass is 10.1. The molecule has 1 aliphatic heterocycles. The monoisotopic (exact) mass is 352 g/mol. The van der Waals surface area contributed by atoms with Crippen LogP contribution in [0.3, 0.4) is 0 Å². The van der Waals surface area contributed by atoms with Gasteiger partial charge in [0, 0.05) is 12.1 Å². The molecular formula is C15H22N5O3S+. The van der Waals surface area contributed by atoms with Crippen LogP contribution >= 0.6 is 12.2 Å². The van der Waals surface area contributed by atoms with Crippen LogP contribution in [0.15, 0.2) is 29.4 Å². The predicted octanol–water partition coefficient (Wildman–Crippen LogP) is -0.302. The highest BCUT2D eigenvalue weighted by atomic mass is 32.1. The predicted molar refractivity (Wildman–Crippen MR) is 95.4 cm³/mol. The van der Waals surface area contributed by atoms with Crippen molar-refractivity contribution in [2.45, 2.75) is 6.92 Å². The number of hydrogen-bond acceptors (Lipinski definition) is 5. The van der Waals surface area contributed by atoms with Gasteiger partial charge in [-0.05, 0) is 36.8 Å². The van der Waals surface area contributed by atoms with Gasteiger partial charge in [0.05, 0.1) is 36.9 Å². The average molecular weight is 352 g/mol. The molecule has 0 aromatic heterocycles. The molecule has 3 N–H and O–H groups in total. The maximum atomic E-state index is 10.6. The van der Waals surface area contributed by atoms with Gasteiger partial charge in [-0.15, -0.1) is 0 Å². The first-order valence-corrected chi connectivity index (χ1v) is 8.21. The highest BCUT2D eigenvalue weighted by Crippen LogP contribution is 2.12. The summed E-state index contributed by atoms with van der Waals surface area (Å²) in [7, 11) is 0. The number of rotatable bonds is 6. The van der Waals surface area contributed by atoms with E-state index in [0.29, 0.717) is 10.8 Å². The number of nitrogens with zero attached hydrogens (tertiary/aromatic N) is 2. The molecule has 0 bridgehead atoms. The first-order chi connectivity index (χ1) is 11.6. The number of quaternary nitrogens is 1. The molecule has 1 aromatic rings. The second-order valence-electron chi connectivity index (χ2n) is 5.48. The normalized spacial score (nSPS) is 15.8. The molecule has 0 amide bonds. The van der Waals surface area contributed by atoms with Crippen molar-refractivity contribution in [3.05, 3.63) is 39.9 Å². The van der Waals surface area contributed by atoms with Gasteiger partial charge < -0.3 is 15.0 Å². The summed E-state index contributed by atoms with van der Waals surface area (Å²) >= 11 is 5.19. The van der Waals surface area contributed by atoms with Gasteiger partial charge in [0.25, 0.3) is 5.69 Å². The number of hydrazone groups is 1. The molecule has 0 unspecified atom stereocenters. The standard InChI is InChI=1S/C15H21N5O3S/c1-12(13-2-4-14(5-3-13)20(21)22)17-18-15(24)16-6-7-19-8-10-23-11-9-19/h2-5H,6-11H2,1H3,(H2,16,18,24)/p+1/b17-12-. The van der Waals surface area contributed by atoms with Gasteiger partial charge in [-0.3, -0.25) is 15.5 Å². The van der Waals surface area contributed by atoms with Crippen molar-refractivity contribution in [1.29, 1.82) is 0 Å². The van der Waals surface area contributed by atoms with Crippen molar-refractivity contribution in [3.63, 3.8) is 0 Å². The third-order valence-corrected chi connectivity index (χ3v) is 4.02. The van der Waals surface area contributed by atoms with Crippen molar-refractivity contribution >= 4 is 28.7 Å². The zero-order valence-electron chi connectivity index (χ0n) is 13.6. The number of hydrogen-bond donors (Lipinski definition) is 3. The highest BCUT2D eigenvalue weighted by molar-refractivity contribution is 7.80. The molecule has 1 aliphatic rings. The number of nitro benzene ring substituents is 1. The maximum absolute atomic E-state index is 10.6. The fourth-order valence-corrected chi connectivity index (χ4v) is 2.47. The molecular weight excluding hydrogens is 330 g/mol. The average Bonchev–Trinajstić information content (AvgIpc) is 2.60. The van der Waals surface area contributed by atoms with Crippen molar-refractivity contribution in [1.82, 2.24) is 10.7 Å². The van der Waals surface area contributed by atoms with Crippen LogP contribution in [0, 0.1) is 10.1 Å². The second-order valence-corrected chi connectivity index (χ2v) is 5.89. The van der Waals surface area contributed by atoms with Gasteiger partial charge >= 0.3 is 0 Å². The number of nitro groups is 1. The molecule has 130 valence electrons. The third kappa shape index (κ3) is 5.84. The topological polar surface area (TPSA) is 93.2 Å². The minimum Gasteiger partial charge on any atom is -0.370 e. The summed E-state index contributed by atoms with van der Waals surface area (Å²) in [5.41, 5.74) is 4.36. The van der Waals surface area contributed by atoms with Crippen molar-refractivity contribution in [2.75, 3.05) is 39.4 Å². The van der Waals surface area contributed by atoms with E-state index in [0.717, 1.165) is 45.0 Å². The third-order valence-electron chi connectivity index (χ3n) is 3.79. The summed E-state index contributed by atoms with van der Waals surface area (Å²) in [6.07, 6.45) is 0. The minimum absolute atomic E-state index is 0.0577. The Morgan fingerprint density at radius 1 is 1.38 bits per heavy atom. The number of benzene rings is 1. The molecule has 9 heteroatoms. The van der Waals surface area contributed by atoms with Gasteiger partial charge in [-0.25, -0.2) is 0 Å². The van der Waals surface area contributed by atoms with Gasteiger partial charge in [0.2, 0.25) is 0 Å². The Labute approximate surface area is 146 Å². The second kappa shape index (κ2) is 9.26. The Morgan fingerprint density at radius 3 is 2.67 bits per heavy atom. The van der Waals surface area contributed by atoms with Gasteiger partial charge in [0.15, 0.2) is 5.11 Å². The molecule has 0 aliphatic carbocycles. The van der Waals surface area contributed by atoms with Crippen LogP contribution in [-0.4, -0.2) is 55.1 Å². The van der Waals surface area contributed by atoms with E-state index in [4.69, 9.17) is 17.0 Å². The number of morpholine rings is 1. The fourth-order valence-electron chi connectivity index (χ4n) is 2.33. The van der Waals surface area contributed by atoms with Crippen LogP contribution in [0.25, 0.3) is 0 Å². The van der Waals surface area contributed by atoms with E-state index in [1.165, 1.54) is 17.0 Å². The Balaban J connectivity index is 1.74. The Kier molecular flexibility index (Phi) is 7.04. The molecule has 1 saturated heterocycles. The van der Waals surface area contributed by atoms with E-state index in [-0.39, 0.29) is 5.69 Å². The van der Waals surface area contributed by atoms with Crippen LogP contribution < -0.4 is 15.6 Å². The van der Waals surface area contributed by atoms with Crippen LogP contribution in [0.4, 0.5) is 5.69 Å². The summed E-state index contributed by atoms with van der Waals surface area (Å²) in [5.74, 6) is 0. The smallest absolute Gasteiger partial charge is 0.269 e. The fraction of sp³-hybridized carbons (Fsp3) is 0.467. The zero-order chi connectivity index (χ0) is 17.4. The first kappa shape index (κ1) is 18.2. The molecule has 0 spiro atoms. The van der Waals surface area contributed by atoms with E-state index >= 15 is 0 Å². The molecule has 2 rings (SSSR count). The highest BCUT2D eigenvalue weighted by Gasteiger charge is 2.12. The number of non-ortho nitro benzene ring substituents is 1. The molecule has 0 atom stereocenters. The Morgan fingerprint density at radius 2 is 2.04 bits per heavy atom. The van der Waals surface area contributed by atoms with Crippen molar-refractivity contribution in [3.8, 4) is 0 Å². The van der Waals surface area contributed by atoms with Crippen molar-refractivity contribution in [2.24, 2.45) is 5.10 Å². The zero-order valence-corrected chi connectivity index (χ0v) is 14.4. The van der Waals surface area contributed by atoms with Crippen LogP contribution in [0.5, 0.6) is 0 Å². The molecule has 24 heavy (non-hydrogen) atoms. The summed E-state index contributed by atoms with van der Waals surface area (Å²) in [6.45, 7) is 7.25. The molecule has 1 heterocycles. The van der Waals surface area contributed by atoms with E-state index in [2.05, 4.69) is 15.8 Å². The lowest BCUT2D eigenvalue weighted by Crippen LogP contribution is -3.14. The minimum atomic E-state index is -0.427. The van der Waals surface area contributed by atoms with Gasteiger partial charge in [0.1, 0.15) is 13.1 Å². The summed E-state index contributed by atoms with van der Waals surface area (Å²) in [6, 6.07) is 6.24. The summed E-state index contributed by atoms with van der Waals surface area (Å²) < 4.78 is 5.32. The summed E-state index contributed by atoms with van der Waals surface area (Å²) in [5, 5.41) is 18.4. The van der Waals surface area contributed by atoms with E-state index < -0.39 is 4.92 Å². The number of thiocarbonyl (C=S) groups is 1. The van der Waals surface area contributed by atoms with E-state index in [1.54, 1.807) is 12.1 Å². The largest absolute Gasteiger partial charge is 0.370 e. The number of ether oxygens (including phenoxy) is 1. The molecule has 0 saturated carbocycles. The maximum Gasteiger partial charge on any atom is 0.269 e. The molecule has 0 radical (unpaired) electrons. The lowest BCUT2D eigenvalue weighted by molar-refractivity contribution is -0.906. The Hall–Kier alpha value is -2.10. The molecule has 8 nitrogen and oxygen atoms in total. The number of nitrogens with one attached hydrogen (secondary N) is 3. The van der Waals surface area contributed by atoms with E-state index in [9.17, 15) is 10.1 Å². The Bertz CT molecular complexity index is 600. The molecule has 1 aromatic carbocycles.